The maximum Gasteiger partial charge on any atom is 0.335 e. The maximum atomic E-state index is 13.3. The van der Waals surface area contributed by atoms with E-state index in [1.807, 2.05) is 11.0 Å². The fourth-order valence-electron chi connectivity index (χ4n) is 5.55. The molecule has 4 aromatic rings. The lowest BCUT2D eigenvalue weighted by atomic mass is 9.88. The molecular formula is C32H32ClIN2O3. The van der Waals surface area contributed by atoms with E-state index in [4.69, 9.17) is 5.11 Å². The summed E-state index contributed by atoms with van der Waals surface area (Å²) < 4.78 is 1.25. The van der Waals surface area contributed by atoms with E-state index in [0.717, 1.165) is 12.1 Å². The summed E-state index contributed by atoms with van der Waals surface area (Å²) in [5.41, 5.74) is 3.63. The molecule has 1 saturated heterocycles. The highest BCUT2D eigenvalue weighted by molar-refractivity contribution is 14.1. The number of carbonyl (C=O) groups excluding carboxylic acids is 1. The van der Waals surface area contributed by atoms with Crippen LogP contribution in [0.15, 0.2) is 91.0 Å². The Morgan fingerprint density at radius 2 is 1.64 bits per heavy atom. The normalized spacial score (nSPS) is 17.5. The van der Waals surface area contributed by atoms with Crippen LogP contribution >= 0.6 is 35.0 Å². The number of carbonyl (C=O) groups is 2. The highest BCUT2D eigenvalue weighted by Crippen LogP contribution is 2.34. The second-order valence-corrected chi connectivity index (χ2v) is 11.2. The van der Waals surface area contributed by atoms with Crippen LogP contribution in [0, 0.1) is 9.49 Å². The first-order chi connectivity index (χ1) is 18.4. The minimum Gasteiger partial charge on any atom is -0.478 e. The molecule has 0 aliphatic carbocycles. The summed E-state index contributed by atoms with van der Waals surface area (Å²) >= 11 is 2.43. The average molecular weight is 655 g/mol. The van der Waals surface area contributed by atoms with Crippen molar-refractivity contribution in [1.29, 1.82) is 0 Å². The van der Waals surface area contributed by atoms with Gasteiger partial charge in [0.25, 0.3) is 0 Å². The van der Waals surface area contributed by atoms with Crippen molar-refractivity contribution in [3.8, 4) is 0 Å². The molecule has 1 aliphatic heterocycles. The zero-order valence-corrected chi connectivity index (χ0v) is 24.7. The Hall–Kier alpha value is -2.94. The third-order valence-corrected chi connectivity index (χ3v) is 8.56. The minimum atomic E-state index is -0.962. The molecule has 0 bridgehead atoms. The maximum absolute atomic E-state index is 13.3. The van der Waals surface area contributed by atoms with Crippen molar-refractivity contribution in [3.05, 3.63) is 117 Å². The van der Waals surface area contributed by atoms with Gasteiger partial charge in [-0.15, -0.1) is 12.4 Å². The summed E-state index contributed by atoms with van der Waals surface area (Å²) in [5, 5.41) is 15.5. The van der Waals surface area contributed by atoms with Gasteiger partial charge in [-0.05, 0) is 81.1 Å². The van der Waals surface area contributed by atoms with Crippen LogP contribution in [0.25, 0.3) is 10.8 Å². The van der Waals surface area contributed by atoms with E-state index in [-0.39, 0.29) is 48.2 Å². The van der Waals surface area contributed by atoms with Crippen LogP contribution < -0.4 is 5.32 Å². The molecule has 202 valence electrons. The molecule has 0 saturated carbocycles. The molecule has 1 heterocycles. The molecule has 5 rings (SSSR count). The van der Waals surface area contributed by atoms with Gasteiger partial charge in [0.05, 0.1) is 12.0 Å². The van der Waals surface area contributed by atoms with E-state index in [1.54, 1.807) is 24.3 Å². The van der Waals surface area contributed by atoms with E-state index in [0.29, 0.717) is 13.1 Å². The first kappa shape index (κ1) is 29.1. The number of carboxylic acid groups (broad SMARTS) is 1. The molecule has 1 aliphatic rings. The summed E-state index contributed by atoms with van der Waals surface area (Å²) in [5.74, 6) is -0.351. The summed E-state index contributed by atoms with van der Waals surface area (Å²) in [4.78, 5) is 26.4. The zero-order chi connectivity index (χ0) is 26.6. The smallest absolute Gasteiger partial charge is 0.335 e. The lowest BCUT2D eigenvalue weighted by molar-refractivity contribution is -0.129. The molecule has 39 heavy (non-hydrogen) atoms. The number of benzene rings is 4. The van der Waals surface area contributed by atoms with Crippen LogP contribution in [0.2, 0.25) is 0 Å². The van der Waals surface area contributed by atoms with Gasteiger partial charge in [0.2, 0.25) is 5.91 Å². The first-order valence-electron chi connectivity index (χ1n) is 13.0. The Bertz CT molecular complexity index is 1450. The van der Waals surface area contributed by atoms with Crippen molar-refractivity contribution in [1.82, 2.24) is 10.2 Å². The Kier molecular flexibility index (Phi) is 9.64. The van der Waals surface area contributed by atoms with Gasteiger partial charge in [0.1, 0.15) is 0 Å². The van der Waals surface area contributed by atoms with Gasteiger partial charge in [-0.1, -0.05) is 72.8 Å². The molecule has 5 nitrogen and oxygen atoms in total. The molecule has 1 amide bonds. The number of aromatic carboxylic acids is 1. The number of nitrogens with one attached hydrogen (secondary N) is 1. The van der Waals surface area contributed by atoms with Crippen molar-refractivity contribution in [2.24, 2.45) is 5.92 Å². The summed E-state index contributed by atoms with van der Waals surface area (Å²) in [6.45, 7) is 4.40. The molecule has 2 N–H and O–H groups in total. The van der Waals surface area contributed by atoms with Gasteiger partial charge in [-0.3, -0.25) is 4.79 Å². The van der Waals surface area contributed by atoms with Crippen LogP contribution in [0.4, 0.5) is 0 Å². The lowest BCUT2D eigenvalue weighted by Crippen LogP contribution is -2.32. The van der Waals surface area contributed by atoms with Crippen LogP contribution in [0.3, 0.4) is 0 Å². The summed E-state index contributed by atoms with van der Waals surface area (Å²) in [6, 6.07) is 30.1. The Morgan fingerprint density at radius 3 is 2.36 bits per heavy atom. The van der Waals surface area contributed by atoms with Crippen molar-refractivity contribution in [2.45, 2.75) is 25.3 Å². The first-order valence-corrected chi connectivity index (χ1v) is 14.0. The van der Waals surface area contributed by atoms with Crippen molar-refractivity contribution in [3.63, 3.8) is 0 Å². The van der Waals surface area contributed by atoms with Gasteiger partial charge in [0, 0.05) is 35.2 Å². The highest BCUT2D eigenvalue weighted by Gasteiger charge is 2.36. The van der Waals surface area contributed by atoms with Crippen molar-refractivity contribution in [2.75, 3.05) is 19.6 Å². The molecule has 0 unspecified atom stereocenters. The Morgan fingerprint density at radius 1 is 0.949 bits per heavy atom. The largest absolute Gasteiger partial charge is 0.478 e. The number of halogens is 2. The van der Waals surface area contributed by atoms with Crippen LogP contribution in [-0.4, -0.2) is 41.5 Å². The average Bonchev–Trinajstić information content (AvgIpc) is 3.37. The molecule has 0 radical (unpaired) electrons. The predicted molar refractivity (Wildman–Crippen MR) is 167 cm³/mol. The van der Waals surface area contributed by atoms with Crippen LogP contribution in [0.5, 0.6) is 0 Å². The van der Waals surface area contributed by atoms with E-state index < -0.39 is 5.97 Å². The van der Waals surface area contributed by atoms with E-state index in [2.05, 4.69) is 95.5 Å². The SMILES string of the molecule is C[C@@H](NC[C@H]1CN(C(=O)Cc2ccc(C(=O)O)cc2)C[C@@H]1c1ccccc1)c1c(I)ccc2ccccc12.Cl. The third-order valence-electron chi connectivity index (χ3n) is 7.61. The number of likely N-dealkylation sites (tertiary alicyclic amines) is 1. The third kappa shape index (κ3) is 6.62. The summed E-state index contributed by atoms with van der Waals surface area (Å²) in [6.07, 6.45) is 0.270. The fraction of sp³-hybridized carbons (Fsp3) is 0.250. The summed E-state index contributed by atoms with van der Waals surface area (Å²) in [7, 11) is 0. The molecular weight excluding hydrogens is 623 g/mol. The molecule has 0 spiro atoms. The van der Waals surface area contributed by atoms with E-state index in [1.165, 1.54) is 25.5 Å². The number of nitrogens with zero attached hydrogens (tertiary/aromatic N) is 1. The number of carboxylic acids is 1. The highest BCUT2D eigenvalue weighted by atomic mass is 127. The van der Waals surface area contributed by atoms with Crippen LogP contribution in [0.1, 0.15) is 45.9 Å². The van der Waals surface area contributed by atoms with Crippen molar-refractivity contribution < 1.29 is 14.7 Å². The quantitative estimate of drug-likeness (QED) is 0.208. The molecule has 1 fully saturated rings. The second-order valence-electron chi connectivity index (χ2n) is 10.1. The Balaban J connectivity index is 0.00000353. The fourth-order valence-corrected chi connectivity index (χ4v) is 6.49. The lowest BCUT2D eigenvalue weighted by Gasteiger charge is -2.23. The second kappa shape index (κ2) is 12.9. The topological polar surface area (TPSA) is 69.6 Å². The van der Waals surface area contributed by atoms with Crippen molar-refractivity contribution >= 4 is 57.6 Å². The minimum absolute atomic E-state index is 0. The Labute approximate surface area is 249 Å². The van der Waals surface area contributed by atoms with Gasteiger partial charge >= 0.3 is 5.97 Å². The molecule has 3 atom stereocenters. The van der Waals surface area contributed by atoms with Gasteiger partial charge in [0.15, 0.2) is 0 Å². The number of hydrogen-bond donors (Lipinski definition) is 2. The monoisotopic (exact) mass is 654 g/mol. The number of rotatable bonds is 8. The van der Waals surface area contributed by atoms with Gasteiger partial charge < -0.3 is 15.3 Å². The van der Waals surface area contributed by atoms with E-state index in [9.17, 15) is 9.59 Å². The van der Waals surface area contributed by atoms with Crippen LogP contribution in [-0.2, 0) is 11.2 Å². The number of amides is 1. The zero-order valence-electron chi connectivity index (χ0n) is 21.7. The standard InChI is InChI=1S/C32H31IN2O3.ClH/c1-21(31-27-10-6-5-9-24(27)15-16-29(31)33)34-18-26-19-35(20-28(26)23-7-3-2-4-8-23)30(36)17-22-11-13-25(14-12-22)32(37)38;/h2-16,21,26,28,34H,17-20H2,1H3,(H,37,38);1H/t21-,26+,28-;/m1./s1. The predicted octanol–water partition coefficient (Wildman–Crippen LogP) is 6.70. The molecule has 0 aromatic heterocycles. The van der Waals surface area contributed by atoms with Gasteiger partial charge in [-0.2, -0.15) is 0 Å². The van der Waals surface area contributed by atoms with E-state index >= 15 is 0 Å². The number of hydrogen-bond acceptors (Lipinski definition) is 3. The van der Waals surface area contributed by atoms with Gasteiger partial charge in [-0.25, -0.2) is 4.79 Å². The number of fused-ring (bicyclic) bond motifs is 1. The molecule has 4 aromatic carbocycles. The molecule has 7 heteroatoms.